The first-order valence-corrected chi connectivity index (χ1v) is 5.39. The lowest BCUT2D eigenvalue weighted by molar-refractivity contribution is 0.100. The third-order valence-electron chi connectivity index (χ3n) is 2.99. The molecule has 1 aliphatic rings. The maximum Gasteiger partial charge on any atom is 0.248 e. The molecule has 3 N–H and O–H groups in total. The summed E-state index contributed by atoms with van der Waals surface area (Å²) in [5.41, 5.74) is 6.78. The minimum absolute atomic E-state index is 0.374. The first-order chi connectivity index (χ1) is 7.25. The van der Waals surface area contributed by atoms with Gasteiger partial charge in [-0.3, -0.25) is 4.79 Å². The SMILES string of the molecule is NC(=O)c1ccc(NCC2CCC2)cc1. The highest BCUT2D eigenvalue weighted by Crippen LogP contribution is 2.26. The lowest BCUT2D eigenvalue weighted by Gasteiger charge is -2.25. The van der Waals surface area contributed by atoms with Crippen LogP contribution in [0.5, 0.6) is 0 Å². The quantitative estimate of drug-likeness (QED) is 0.788. The molecule has 0 bridgehead atoms. The van der Waals surface area contributed by atoms with Gasteiger partial charge in [-0.1, -0.05) is 6.42 Å². The molecule has 1 saturated carbocycles. The monoisotopic (exact) mass is 204 g/mol. The Morgan fingerprint density at radius 2 is 2.00 bits per heavy atom. The summed E-state index contributed by atoms with van der Waals surface area (Å²) < 4.78 is 0. The molecule has 0 aromatic heterocycles. The zero-order chi connectivity index (χ0) is 10.7. The lowest BCUT2D eigenvalue weighted by Crippen LogP contribution is -2.20. The molecule has 0 unspecified atom stereocenters. The van der Waals surface area contributed by atoms with Gasteiger partial charge >= 0.3 is 0 Å². The lowest BCUT2D eigenvalue weighted by atomic mass is 9.85. The molecule has 1 amide bonds. The predicted octanol–water partition coefficient (Wildman–Crippen LogP) is 2.00. The standard InChI is InChI=1S/C12H16N2O/c13-12(15)10-4-6-11(7-5-10)14-8-9-2-1-3-9/h4-7,9,14H,1-3,8H2,(H2,13,15). The summed E-state index contributed by atoms with van der Waals surface area (Å²) >= 11 is 0. The van der Waals surface area contributed by atoms with Gasteiger partial charge in [0.15, 0.2) is 0 Å². The van der Waals surface area contributed by atoms with E-state index in [1.807, 2.05) is 12.1 Å². The Kier molecular flexibility index (Phi) is 2.90. The summed E-state index contributed by atoms with van der Waals surface area (Å²) in [5.74, 6) is 0.460. The predicted molar refractivity (Wildman–Crippen MR) is 60.8 cm³/mol. The van der Waals surface area contributed by atoms with E-state index in [1.165, 1.54) is 19.3 Å². The Balaban J connectivity index is 1.88. The zero-order valence-corrected chi connectivity index (χ0v) is 8.70. The van der Waals surface area contributed by atoms with Gasteiger partial charge in [0.05, 0.1) is 0 Å². The van der Waals surface area contributed by atoms with Crippen molar-refractivity contribution >= 4 is 11.6 Å². The van der Waals surface area contributed by atoms with Crippen LogP contribution in [0.3, 0.4) is 0 Å². The molecular weight excluding hydrogens is 188 g/mol. The number of benzene rings is 1. The van der Waals surface area contributed by atoms with Crippen molar-refractivity contribution in [3.8, 4) is 0 Å². The van der Waals surface area contributed by atoms with Gasteiger partial charge in [0.25, 0.3) is 0 Å². The van der Waals surface area contributed by atoms with Gasteiger partial charge in [-0.25, -0.2) is 0 Å². The fourth-order valence-electron chi connectivity index (χ4n) is 1.71. The molecule has 0 heterocycles. The summed E-state index contributed by atoms with van der Waals surface area (Å²) in [4.78, 5) is 10.8. The highest BCUT2D eigenvalue weighted by molar-refractivity contribution is 5.93. The number of hydrogen-bond acceptors (Lipinski definition) is 2. The van der Waals surface area contributed by atoms with Crippen LogP contribution in [0.25, 0.3) is 0 Å². The number of anilines is 1. The topological polar surface area (TPSA) is 55.1 Å². The highest BCUT2D eigenvalue weighted by atomic mass is 16.1. The zero-order valence-electron chi connectivity index (χ0n) is 8.70. The van der Waals surface area contributed by atoms with Crippen LogP contribution in [-0.2, 0) is 0 Å². The molecule has 2 rings (SSSR count). The molecule has 0 aliphatic heterocycles. The number of primary amides is 1. The number of carbonyl (C=O) groups is 1. The van der Waals surface area contributed by atoms with E-state index in [9.17, 15) is 4.79 Å². The van der Waals surface area contributed by atoms with Gasteiger partial charge in [0.1, 0.15) is 0 Å². The average molecular weight is 204 g/mol. The molecule has 80 valence electrons. The largest absolute Gasteiger partial charge is 0.385 e. The number of rotatable bonds is 4. The van der Waals surface area contributed by atoms with E-state index >= 15 is 0 Å². The molecule has 1 aromatic carbocycles. The van der Waals surface area contributed by atoms with Crippen LogP contribution in [0.2, 0.25) is 0 Å². The van der Waals surface area contributed by atoms with Gasteiger partial charge in [-0.05, 0) is 43.0 Å². The Labute approximate surface area is 89.7 Å². The van der Waals surface area contributed by atoms with E-state index in [0.29, 0.717) is 5.56 Å². The number of hydrogen-bond donors (Lipinski definition) is 2. The molecule has 15 heavy (non-hydrogen) atoms. The van der Waals surface area contributed by atoms with Crippen molar-refractivity contribution in [2.75, 3.05) is 11.9 Å². The van der Waals surface area contributed by atoms with Crippen LogP contribution in [0.15, 0.2) is 24.3 Å². The van der Waals surface area contributed by atoms with E-state index in [1.54, 1.807) is 12.1 Å². The van der Waals surface area contributed by atoms with Crippen molar-refractivity contribution in [3.63, 3.8) is 0 Å². The van der Waals surface area contributed by atoms with Crippen LogP contribution in [0.1, 0.15) is 29.6 Å². The second-order valence-electron chi connectivity index (χ2n) is 4.12. The number of amides is 1. The van der Waals surface area contributed by atoms with E-state index < -0.39 is 0 Å². The molecule has 0 spiro atoms. The summed E-state index contributed by atoms with van der Waals surface area (Å²) in [6, 6.07) is 7.31. The Morgan fingerprint density at radius 3 is 2.47 bits per heavy atom. The normalized spacial score (nSPS) is 15.7. The van der Waals surface area contributed by atoms with Crippen molar-refractivity contribution in [1.29, 1.82) is 0 Å². The second-order valence-corrected chi connectivity index (χ2v) is 4.12. The first kappa shape index (κ1) is 10.0. The van der Waals surface area contributed by atoms with Gasteiger partial charge in [-0.15, -0.1) is 0 Å². The van der Waals surface area contributed by atoms with Crippen molar-refractivity contribution in [1.82, 2.24) is 0 Å². The molecule has 3 heteroatoms. The van der Waals surface area contributed by atoms with E-state index in [0.717, 1.165) is 18.2 Å². The summed E-state index contributed by atoms with van der Waals surface area (Å²) in [6.45, 7) is 1.04. The van der Waals surface area contributed by atoms with Gasteiger partial charge < -0.3 is 11.1 Å². The van der Waals surface area contributed by atoms with Crippen molar-refractivity contribution in [2.24, 2.45) is 11.7 Å². The van der Waals surface area contributed by atoms with Crippen molar-refractivity contribution in [2.45, 2.75) is 19.3 Å². The third-order valence-corrected chi connectivity index (χ3v) is 2.99. The Bertz CT molecular complexity index is 341. The van der Waals surface area contributed by atoms with E-state index in [2.05, 4.69) is 5.32 Å². The molecule has 1 fully saturated rings. The molecule has 3 nitrogen and oxygen atoms in total. The molecule has 1 aliphatic carbocycles. The summed E-state index contributed by atoms with van der Waals surface area (Å²) in [5, 5.41) is 3.36. The van der Waals surface area contributed by atoms with E-state index in [4.69, 9.17) is 5.73 Å². The number of nitrogens with one attached hydrogen (secondary N) is 1. The number of carbonyl (C=O) groups excluding carboxylic acids is 1. The Morgan fingerprint density at radius 1 is 1.33 bits per heavy atom. The van der Waals surface area contributed by atoms with Crippen LogP contribution in [0, 0.1) is 5.92 Å². The van der Waals surface area contributed by atoms with Gasteiger partial charge in [0.2, 0.25) is 5.91 Å². The van der Waals surface area contributed by atoms with Gasteiger partial charge in [-0.2, -0.15) is 0 Å². The third kappa shape index (κ3) is 2.49. The molecule has 0 radical (unpaired) electrons. The average Bonchev–Trinajstić information content (AvgIpc) is 2.16. The molecule has 1 aromatic rings. The second kappa shape index (κ2) is 4.34. The fourth-order valence-corrected chi connectivity index (χ4v) is 1.71. The highest BCUT2D eigenvalue weighted by Gasteiger charge is 2.16. The maximum atomic E-state index is 10.8. The molecular formula is C12H16N2O. The summed E-state index contributed by atoms with van der Waals surface area (Å²) in [7, 11) is 0. The Hall–Kier alpha value is -1.51. The fraction of sp³-hybridized carbons (Fsp3) is 0.417. The molecule has 0 saturated heterocycles. The minimum Gasteiger partial charge on any atom is -0.385 e. The van der Waals surface area contributed by atoms with Crippen molar-refractivity contribution < 1.29 is 4.79 Å². The first-order valence-electron chi connectivity index (χ1n) is 5.39. The van der Waals surface area contributed by atoms with Gasteiger partial charge in [0, 0.05) is 17.8 Å². The summed E-state index contributed by atoms with van der Waals surface area (Å²) in [6.07, 6.45) is 4.05. The van der Waals surface area contributed by atoms with Crippen molar-refractivity contribution in [3.05, 3.63) is 29.8 Å². The van der Waals surface area contributed by atoms with Crippen LogP contribution < -0.4 is 11.1 Å². The number of nitrogens with two attached hydrogens (primary N) is 1. The van der Waals surface area contributed by atoms with Crippen LogP contribution in [0.4, 0.5) is 5.69 Å². The van der Waals surface area contributed by atoms with Crippen LogP contribution >= 0.6 is 0 Å². The van der Waals surface area contributed by atoms with E-state index in [-0.39, 0.29) is 5.91 Å². The minimum atomic E-state index is -0.374. The molecule has 0 atom stereocenters. The van der Waals surface area contributed by atoms with Crippen LogP contribution in [-0.4, -0.2) is 12.5 Å². The maximum absolute atomic E-state index is 10.8. The smallest absolute Gasteiger partial charge is 0.248 e.